The van der Waals surface area contributed by atoms with E-state index >= 15 is 0 Å². The van der Waals surface area contributed by atoms with Crippen LogP contribution in [0.25, 0.3) is 0 Å². The summed E-state index contributed by atoms with van der Waals surface area (Å²) in [6, 6.07) is 10.3. The highest BCUT2D eigenvalue weighted by atomic mass is 35.5. The first kappa shape index (κ1) is 17.2. The highest BCUT2D eigenvalue weighted by molar-refractivity contribution is 7.71. The molecule has 0 fully saturated rings. The predicted octanol–water partition coefficient (Wildman–Crippen LogP) is 4.33. The molecule has 1 N–H and O–H groups in total. The van der Waals surface area contributed by atoms with Gasteiger partial charge in [-0.15, -0.1) is 0 Å². The molecule has 0 aliphatic heterocycles. The second-order valence-electron chi connectivity index (χ2n) is 4.88. The molecule has 1 heterocycles. The number of rotatable bonds is 5. The molecule has 0 spiro atoms. The van der Waals surface area contributed by atoms with Crippen molar-refractivity contribution in [2.45, 2.75) is 6.61 Å². The molecule has 9 heteroatoms. The van der Waals surface area contributed by atoms with Crippen molar-refractivity contribution < 1.29 is 13.5 Å². The van der Waals surface area contributed by atoms with Gasteiger partial charge in [-0.3, -0.25) is 0 Å². The lowest BCUT2D eigenvalue weighted by atomic mass is 10.2. The summed E-state index contributed by atoms with van der Waals surface area (Å²) in [6.07, 6.45) is 1.04. The largest absolute Gasteiger partial charge is 0.486 e. The van der Waals surface area contributed by atoms with Crippen molar-refractivity contribution in [1.29, 1.82) is 0 Å². The molecule has 3 aromatic rings. The lowest BCUT2D eigenvalue weighted by Crippen LogP contribution is -2.05. The Kier molecular flexibility index (Phi) is 5.20. The Bertz CT molecular complexity index is 949. The van der Waals surface area contributed by atoms with Gasteiger partial charge in [0.25, 0.3) is 0 Å². The lowest BCUT2D eigenvalue weighted by molar-refractivity contribution is 0.290. The summed E-state index contributed by atoms with van der Waals surface area (Å²) in [5, 5.41) is 11.1. The van der Waals surface area contributed by atoms with Gasteiger partial charge in [0.05, 0.1) is 11.8 Å². The van der Waals surface area contributed by atoms with E-state index in [-0.39, 0.29) is 16.9 Å². The average molecular weight is 381 g/mol. The first-order valence-electron chi connectivity index (χ1n) is 7.07. The molecule has 128 valence electrons. The first-order chi connectivity index (χ1) is 12.0. The average Bonchev–Trinajstić information content (AvgIpc) is 2.94. The van der Waals surface area contributed by atoms with Crippen molar-refractivity contribution in [3.8, 4) is 5.75 Å². The molecule has 2 aromatic carbocycles. The Balaban J connectivity index is 1.81. The van der Waals surface area contributed by atoms with Gasteiger partial charge >= 0.3 is 0 Å². The minimum atomic E-state index is -0.724. The zero-order valence-corrected chi connectivity index (χ0v) is 14.2. The highest BCUT2D eigenvalue weighted by Crippen LogP contribution is 2.16. The van der Waals surface area contributed by atoms with Gasteiger partial charge in [-0.05, 0) is 48.6 Å². The predicted molar refractivity (Wildman–Crippen MR) is 92.5 cm³/mol. The number of halogens is 3. The van der Waals surface area contributed by atoms with Crippen LogP contribution in [0.1, 0.15) is 11.4 Å². The van der Waals surface area contributed by atoms with Crippen LogP contribution in [0.3, 0.4) is 0 Å². The van der Waals surface area contributed by atoms with Crippen molar-refractivity contribution in [1.82, 2.24) is 14.9 Å². The van der Waals surface area contributed by atoms with Gasteiger partial charge in [-0.1, -0.05) is 17.7 Å². The molecule has 3 rings (SSSR count). The minimum Gasteiger partial charge on any atom is -0.486 e. The third kappa shape index (κ3) is 4.09. The number of benzene rings is 2. The number of aromatic amines is 1. The van der Waals surface area contributed by atoms with Crippen LogP contribution < -0.4 is 4.74 Å². The normalized spacial score (nSPS) is 11.2. The number of nitrogens with zero attached hydrogens (tertiary/aromatic N) is 3. The van der Waals surface area contributed by atoms with Crippen LogP contribution in [0.4, 0.5) is 8.78 Å². The van der Waals surface area contributed by atoms with Crippen molar-refractivity contribution >= 4 is 30.0 Å². The highest BCUT2D eigenvalue weighted by Gasteiger charge is 2.09. The number of aromatic nitrogens is 3. The Hall–Kier alpha value is -2.58. The SMILES string of the molecule is Fc1cccc(F)c1/C=N\n1c(COc2ccc(Cl)cc2)n[nH]c1=S. The summed E-state index contributed by atoms with van der Waals surface area (Å²) in [5.74, 6) is -0.530. The van der Waals surface area contributed by atoms with Crippen LogP contribution in [-0.4, -0.2) is 21.1 Å². The molecule has 0 aliphatic carbocycles. The fourth-order valence-corrected chi connectivity index (χ4v) is 2.29. The fourth-order valence-electron chi connectivity index (χ4n) is 1.97. The van der Waals surface area contributed by atoms with Gasteiger partial charge in [0.1, 0.15) is 24.0 Å². The third-order valence-corrected chi connectivity index (χ3v) is 3.72. The van der Waals surface area contributed by atoms with E-state index < -0.39 is 11.6 Å². The number of nitrogens with one attached hydrogen (secondary N) is 1. The second kappa shape index (κ2) is 7.54. The Morgan fingerprint density at radius 1 is 1.20 bits per heavy atom. The Labute approximate surface area is 151 Å². The van der Waals surface area contributed by atoms with Gasteiger partial charge in [0, 0.05) is 5.02 Å². The van der Waals surface area contributed by atoms with E-state index in [1.807, 2.05) is 0 Å². The van der Waals surface area contributed by atoms with Gasteiger partial charge in [0.2, 0.25) is 4.77 Å². The molecule has 0 unspecified atom stereocenters. The number of hydrogen-bond acceptors (Lipinski definition) is 4. The van der Waals surface area contributed by atoms with Gasteiger partial charge in [0.15, 0.2) is 5.82 Å². The monoisotopic (exact) mass is 380 g/mol. The summed E-state index contributed by atoms with van der Waals surface area (Å²) in [7, 11) is 0. The molecule has 0 saturated carbocycles. The maximum atomic E-state index is 13.7. The van der Waals surface area contributed by atoms with E-state index in [1.54, 1.807) is 24.3 Å². The van der Waals surface area contributed by atoms with Crippen LogP contribution in [0.5, 0.6) is 5.75 Å². The van der Waals surface area contributed by atoms with Crippen LogP contribution >= 0.6 is 23.8 Å². The smallest absolute Gasteiger partial charge is 0.216 e. The summed E-state index contributed by atoms with van der Waals surface area (Å²) >= 11 is 10.9. The maximum absolute atomic E-state index is 13.7. The lowest BCUT2D eigenvalue weighted by Gasteiger charge is -2.05. The molecular weight excluding hydrogens is 370 g/mol. The molecule has 25 heavy (non-hydrogen) atoms. The standard InChI is InChI=1S/C16H11ClF2N4OS/c17-10-4-6-11(7-5-10)24-9-15-21-22-16(25)23(15)20-8-12-13(18)2-1-3-14(12)19/h1-8H,9H2,(H,22,25)/b20-8-. The Morgan fingerprint density at radius 3 is 2.56 bits per heavy atom. The van der Waals surface area contributed by atoms with E-state index in [0.29, 0.717) is 16.6 Å². The van der Waals surface area contributed by atoms with Crippen molar-refractivity contribution in [3.63, 3.8) is 0 Å². The molecule has 5 nitrogen and oxygen atoms in total. The van der Waals surface area contributed by atoms with E-state index in [4.69, 9.17) is 28.6 Å². The molecule has 1 aromatic heterocycles. The van der Waals surface area contributed by atoms with Crippen molar-refractivity contribution in [2.24, 2.45) is 5.10 Å². The molecule has 0 bridgehead atoms. The number of hydrogen-bond donors (Lipinski definition) is 1. The molecule has 0 amide bonds. The van der Waals surface area contributed by atoms with Crippen LogP contribution in [0, 0.1) is 16.4 Å². The molecule has 0 saturated heterocycles. The zero-order chi connectivity index (χ0) is 17.8. The van der Waals surface area contributed by atoms with Crippen LogP contribution in [0.2, 0.25) is 5.02 Å². The number of H-pyrrole nitrogens is 1. The first-order valence-corrected chi connectivity index (χ1v) is 7.86. The minimum absolute atomic E-state index is 0.0475. The topological polar surface area (TPSA) is 55.2 Å². The maximum Gasteiger partial charge on any atom is 0.216 e. The molecular formula is C16H11ClF2N4OS. The van der Waals surface area contributed by atoms with Crippen LogP contribution in [0.15, 0.2) is 47.6 Å². The summed E-state index contributed by atoms with van der Waals surface area (Å²) in [5.41, 5.74) is -0.268. The second-order valence-corrected chi connectivity index (χ2v) is 5.70. The van der Waals surface area contributed by atoms with Gasteiger partial charge in [-0.2, -0.15) is 14.9 Å². The van der Waals surface area contributed by atoms with Crippen molar-refractivity contribution in [3.05, 3.63) is 75.3 Å². The van der Waals surface area contributed by atoms with E-state index in [0.717, 1.165) is 18.3 Å². The van der Waals surface area contributed by atoms with Crippen molar-refractivity contribution in [2.75, 3.05) is 0 Å². The third-order valence-electron chi connectivity index (χ3n) is 3.20. The van der Waals surface area contributed by atoms with E-state index in [2.05, 4.69) is 15.3 Å². The Morgan fingerprint density at radius 2 is 1.88 bits per heavy atom. The quantitative estimate of drug-likeness (QED) is 0.529. The molecule has 0 radical (unpaired) electrons. The van der Waals surface area contributed by atoms with Gasteiger partial charge < -0.3 is 4.74 Å². The van der Waals surface area contributed by atoms with E-state index in [1.165, 1.54) is 10.7 Å². The molecule has 0 aliphatic rings. The van der Waals surface area contributed by atoms with Gasteiger partial charge in [-0.25, -0.2) is 13.9 Å². The van der Waals surface area contributed by atoms with E-state index in [9.17, 15) is 8.78 Å². The number of ether oxygens (including phenoxy) is 1. The summed E-state index contributed by atoms with van der Waals surface area (Å²) in [6.45, 7) is 0.0475. The summed E-state index contributed by atoms with van der Waals surface area (Å²) < 4.78 is 34.3. The zero-order valence-electron chi connectivity index (χ0n) is 12.6. The van der Waals surface area contributed by atoms with Crippen LogP contribution in [-0.2, 0) is 6.61 Å². The fraction of sp³-hybridized carbons (Fsp3) is 0.0625. The summed E-state index contributed by atoms with van der Waals surface area (Å²) in [4.78, 5) is 0. The molecule has 0 atom stereocenters.